The van der Waals surface area contributed by atoms with E-state index in [2.05, 4.69) is 0 Å². The van der Waals surface area contributed by atoms with Gasteiger partial charge in [-0.15, -0.1) is 0 Å². The van der Waals surface area contributed by atoms with Crippen LogP contribution in [-0.2, 0) is 0 Å². The Hall–Kier alpha value is -2.69. The summed E-state index contributed by atoms with van der Waals surface area (Å²) < 4.78 is 5.57. The first-order chi connectivity index (χ1) is 9.13. The summed E-state index contributed by atoms with van der Waals surface area (Å²) in [6.45, 7) is 0. The highest BCUT2D eigenvalue weighted by molar-refractivity contribution is 6.32. The van der Waals surface area contributed by atoms with Crippen LogP contribution in [0.15, 0.2) is 36.4 Å². The molecule has 0 aliphatic rings. The highest BCUT2D eigenvalue weighted by atomic mass is 35.5. The molecule has 0 saturated heterocycles. The van der Waals surface area contributed by atoms with Crippen molar-refractivity contribution in [1.29, 1.82) is 10.5 Å². The Kier molecular flexibility index (Phi) is 3.56. The summed E-state index contributed by atoms with van der Waals surface area (Å²) in [6.07, 6.45) is 0. The van der Waals surface area contributed by atoms with E-state index in [0.717, 1.165) is 0 Å². The van der Waals surface area contributed by atoms with Crippen LogP contribution < -0.4 is 10.5 Å². The molecule has 2 rings (SSSR count). The maximum absolute atomic E-state index is 9.01. The molecule has 2 aromatic rings. The lowest BCUT2D eigenvalue weighted by Crippen LogP contribution is -1.92. The van der Waals surface area contributed by atoms with Gasteiger partial charge in [0.2, 0.25) is 0 Å². The number of nitrogen functional groups attached to an aromatic ring is 1. The number of hydrogen-bond acceptors (Lipinski definition) is 4. The number of hydrogen-bond donors (Lipinski definition) is 1. The van der Waals surface area contributed by atoms with Crippen LogP contribution in [0.4, 0.5) is 5.69 Å². The quantitative estimate of drug-likeness (QED) is 0.846. The Labute approximate surface area is 115 Å². The normalized spacial score (nSPS) is 9.42. The van der Waals surface area contributed by atoms with Crippen molar-refractivity contribution in [2.75, 3.05) is 5.73 Å². The molecule has 5 heteroatoms. The van der Waals surface area contributed by atoms with Crippen LogP contribution in [0.2, 0.25) is 5.02 Å². The van der Waals surface area contributed by atoms with E-state index in [1.165, 1.54) is 12.1 Å². The molecule has 0 spiro atoms. The molecule has 2 N–H and O–H groups in total. The number of anilines is 1. The second-order valence-electron chi connectivity index (χ2n) is 3.73. The van der Waals surface area contributed by atoms with Crippen molar-refractivity contribution in [2.24, 2.45) is 0 Å². The van der Waals surface area contributed by atoms with E-state index < -0.39 is 0 Å². The molecule has 0 atom stereocenters. The second kappa shape index (κ2) is 5.30. The van der Waals surface area contributed by atoms with Crippen molar-refractivity contribution < 1.29 is 4.74 Å². The summed E-state index contributed by atoms with van der Waals surface area (Å²) in [7, 11) is 0. The van der Waals surface area contributed by atoms with Crippen LogP contribution in [-0.4, -0.2) is 0 Å². The number of nitrogens with two attached hydrogens (primary N) is 1. The average molecular weight is 270 g/mol. The van der Waals surface area contributed by atoms with Crippen molar-refractivity contribution in [3.63, 3.8) is 0 Å². The number of benzene rings is 2. The van der Waals surface area contributed by atoms with E-state index in [1.807, 2.05) is 12.1 Å². The van der Waals surface area contributed by atoms with Gasteiger partial charge >= 0.3 is 0 Å². The fourth-order valence-electron chi connectivity index (χ4n) is 1.50. The van der Waals surface area contributed by atoms with Crippen LogP contribution in [0.3, 0.4) is 0 Å². The number of halogens is 1. The van der Waals surface area contributed by atoms with E-state index in [9.17, 15) is 0 Å². The van der Waals surface area contributed by atoms with Crippen LogP contribution in [0.5, 0.6) is 11.5 Å². The average Bonchev–Trinajstić information content (AvgIpc) is 2.42. The lowest BCUT2D eigenvalue weighted by molar-refractivity contribution is 0.481. The summed E-state index contributed by atoms with van der Waals surface area (Å²) in [4.78, 5) is 0. The first-order valence-electron chi connectivity index (χ1n) is 5.31. The van der Waals surface area contributed by atoms with E-state index in [1.54, 1.807) is 24.3 Å². The topological polar surface area (TPSA) is 82.8 Å². The zero-order chi connectivity index (χ0) is 13.8. The minimum Gasteiger partial charge on any atom is -0.454 e. The fourth-order valence-corrected chi connectivity index (χ4v) is 1.71. The molecule has 0 aromatic heterocycles. The number of nitrogens with zero attached hydrogens (tertiary/aromatic N) is 2. The number of nitriles is 2. The Morgan fingerprint density at radius 3 is 2.37 bits per heavy atom. The maximum Gasteiger partial charge on any atom is 0.146 e. The van der Waals surface area contributed by atoms with Crippen molar-refractivity contribution in [3.05, 3.63) is 52.5 Å². The van der Waals surface area contributed by atoms with E-state index >= 15 is 0 Å². The molecule has 0 fully saturated rings. The van der Waals surface area contributed by atoms with Crippen LogP contribution in [0.1, 0.15) is 11.1 Å². The highest BCUT2D eigenvalue weighted by Crippen LogP contribution is 2.32. The van der Waals surface area contributed by atoms with Crippen LogP contribution >= 0.6 is 11.6 Å². The monoisotopic (exact) mass is 269 g/mol. The lowest BCUT2D eigenvalue weighted by atomic mass is 10.2. The molecule has 0 aliphatic carbocycles. The molecular weight excluding hydrogens is 262 g/mol. The van der Waals surface area contributed by atoms with Crippen molar-refractivity contribution in [3.8, 4) is 23.6 Å². The van der Waals surface area contributed by atoms with E-state index in [-0.39, 0.29) is 0 Å². The molecule has 0 saturated carbocycles. The first kappa shape index (κ1) is 12.8. The predicted octanol–water partition coefficient (Wildman–Crippen LogP) is 3.46. The van der Waals surface area contributed by atoms with Gasteiger partial charge in [-0.2, -0.15) is 10.5 Å². The minimum atomic E-state index is 0.305. The van der Waals surface area contributed by atoms with Gasteiger partial charge in [-0.25, -0.2) is 0 Å². The van der Waals surface area contributed by atoms with Gasteiger partial charge in [-0.3, -0.25) is 0 Å². The maximum atomic E-state index is 9.01. The summed E-state index contributed by atoms with van der Waals surface area (Å²) in [5.41, 5.74) is 6.84. The smallest absolute Gasteiger partial charge is 0.146 e. The van der Waals surface area contributed by atoms with Crippen molar-refractivity contribution in [1.82, 2.24) is 0 Å². The molecule has 0 amide bonds. The van der Waals surface area contributed by atoms with E-state index in [0.29, 0.717) is 33.3 Å². The summed E-state index contributed by atoms with van der Waals surface area (Å²) in [5, 5.41) is 18.1. The summed E-state index contributed by atoms with van der Waals surface area (Å²) in [5.74, 6) is 0.741. The third-order valence-electron chi connectivity index (χ3n) is 2.40. The Balaban J connectivity index is 2.37. The van der Waals surface area contributed by atoms with Gasteiger partial charge in [0.05, 0.1) is 22.2 Å². The second-order valence-corrected chi connectivity index (χ2v) is 4.13. The molecule has 19 heavy (non-hydrogen) atoms. The zero-order valence-electron chi connectivity index (χ0n) is 9.72. The predicted molar refractivity (Wildman–Crippen MR) is 71.8 cm³/mol. The largest absolute Gasteiger partial charge is 0.454 e. The first-order valence-corrected chi connectivity index (χ1v) is 5.69. The van der Waals surface area contributed by atoms with Gasteiger partial charge in [-0.05, 0) is 36.4 Å². The highest BCUT2D eigenvalue weighted by Gasteiger charge is 2.08. The van der Waals surface area contributed by atoms with Gasteiger partial charge in [-0.1, -0.05) is 11.6 Å². The van der Waals surface area contributed by atoms with Gasteiger partial charge in [0.1, 0.15) is 17.6 Å². The molecule has 0 aliphatic heterocycles. The summed E-state index contributed by atoms with van der Waals surface area (Å²) >= 11 is 6.00. The van der Waals surface area contributed by atoms with Gasteiger partial charge in [0, 0.05) is 5.69 Å². The Morgan fingerprint density at radius 2 is 1.74 bits per heavy atom. The number of ether oxygens (including phenoxy) is 1. The lowest BCUT2D eigenvalue weighted by Gasteiger charge is -2.09. The molecule has 0 unspecified atom stereocenters. The van der Waals surface area contributed by atoms with Crippen molar-refractivity contribution >= 4 is 17.3 Å². The van der Waals surface area contributed by atoms with Crippen LogP contribution in [0, 0.1) is 22.7 Å². The zero-order valence-corrected chi connectivity index (χ0v) is 10.5. The SMILES string of the molecule is N#Cc1ccc(Oc2ccc(N)cc2C#N)c(Cl)c1. The van der Waals surface area contributed by atoms with E-state index in [4.69, 9.17) is 32.6 Å². The molecule has 92 valence electrons. The molecular formula is C14H8ClN3O. The molecule has 0 heterocycles. The van der Waals surface area contributed by atoms with Crippen molar-refractivity contribution in [2.45, 2.75) is 0 Å². The minimum absolute atomic E-state index is 0.305. The Morgan fingerprint density at radius 1 is 1.00 bits per heavy atom. The molecule has 0 bridgehead atoms. The van der Waals surface area contributed by atoms with Gasteiger partial charge in [0.15, 0.2) is 0 Å². The Bertz CT molecular complexity index is 714. The number of rotatable bonds is 2. The third kappa shape index (κ3) is 2.77. The van der Waals surface area contributed by atoms with Gasteiger partial charge in [0.25, 0.3) is 0 Å². The third-order valence-corrected chi connectivity index (χ3v) is 2.70. The van der Waals surface area contributed by atoms with Crippen LogP contribution in [0.25, 0.3) is 0 Å². The molecule has 0 radical (unpaired) electrons. The molecule has 2 aromatic carbocycles. The standard InChI is InChI=1S/C14H8ClN3O/c15-12-5-9(7-16)1-3-14(12)19-13-4-2-11(18)6-10(13)8-17/h1-6H,18H2. The molecule has 4 nitrogen and oxygen atoms in total. The van der Waals surface area contributed by atoms with Gasteiger partial charge < -0.3 is 10.5 Å². The summed E-state index contributed by atoms with van der Waals surface area (Å²) in [6, 6.07) is 13.4. The fraction of sp³-hybridized carbons (Fsp3) is 0.